The third-order valence-electron chi connectivity index (χ3n) is 2.29. The summed E-state index contributed by atoms with van der Waals surface area (Å²) in [4.78, 5) is 11.1. The predicted octanol–water partition coefficient (Wildman–Crippen LogP) is 1.30. The van der Waals surface area contributed by atoms with Crippen LogP contribution in [0.1, 0.15) is 45.5 Å². The Hall–Kier alpha value is -1.46. The maximum absolute atomic E-state index is 11.1. The number of carboxylic acid groups (broad SMARTS) is 1. The summed E-state index contributed by atoms with van der Waals surface area (Å²) in [5.74, 6) is 0.177. The Morgan fingerprint density at radius 3 is 2.69 bits per heavy atom. The quantitative estimate of drug-likeness (QED) is 0.790. The Kier molecular flexibility index (Phi) is 4.39. The topological polar surface area (TPSA) is 80.9 Å². The van der Waals surface area contributed by atoms with Gasteiger partial charge in [-0.3, -0.25) is 0 Å². The first-order valence-corrected chi connectivity index (χ1v) is 5.55. The number of carbonyl (C=O) groups is 1. The van der Waals surface area contributed by atoms with Gasteiger partial charge in [-0.05, 0) is 22.8 Å². The fraction of sp³-hybridized carbons (Fsp3) is 0.800. The van der Waals surface area contributed by atoms with Crippen LogP contribution < -0.4 is 0 Å². The summed E-state index contributed by atoms with van der Waals surface area (Å²) in [5.41, 5.74) is 0. The second-order valence-corrected chi connectivity index (χ2v) is 4.28. The zero-order valence-electron chi connectivity index (χ0n) is 9.92. The van der Waals surface area contributed by atoms with E-state index in [0.717, 1.165) is 6.42 Å². The zero-order chi connectivity index (χ0) is 12.1. The van der Waals surface area contributed by atoms with E-state index >= 15 is 0 Å². The molecule has 1 N–H and O–H groups in total. The normalized spacial score (nSPS) is 13.0. The predicted molar refractivity (Wildman–Crippen MR) is 57.9 cm³/mol. The van der Waals surface area contributed by atoms with E-state index in [1.807, 2.05) is 6.92 Å². The lowest BCUT2D eigenvalue weighted by atomic mass is 10.1. The van der Waals surface area contributed by atoms with Gasteiger partial charge in [-0.1, -0.05) is 27.2 Å². The third kappa shape index (κ3) is 3.01. The average molecular weight is 226 g/mol. The van der Waals surface area contributed by atoms with Crippen molar-refractivity contribution < 1.29 is 9.90 Å². The van der Waals surface area contributed by atoms with Crippen LogP contribution in [0, 0.1) is 5.92 Å². The van der Waals surface area contributed by atoms with Crippen molar-refractivity contribution in [1.29, 1.82) is 0 Å². The Balaban J connectivity index is 2.91. The summed E-state index contributed by atoms with van der Waals surface area (Å²) < 4.78 is 1.44. The molecule has 1 aromatic heterocycles. The molecule has 1 unspecified atom stereocenters. The number of rotatable bonds is 6. The number of aliphatic carboxylic acids is 1. The van der Waals surface area contributed by atoms with E-state index in [9.17, 15) is 4.79 Å². The van der Waals surface area contributed by atoms with Crippen LogP contribution >= 0.6 is 0 Å². The van der Waals surface area contributed by atoms with Gasteiger partial charge in [-0.25, -0.2) is 9.48 Å². The fourth-order valence-corrected chi connectivity index (χ4v) is 1.58. The molecule has 0 spiro atoms. The second-order valence-electron chi connectivity index (χ2n) is 4.28. The molecule has 90 valence electrons. The Morgan fingerprint density at radius 2 is 2.19 bits per heavy atom. The third-order valence-corrected chi connectivity index (χ3v) is 2.29. The molecule has 0 radical (unpaired) electrons. The number of hydrogen-bond acceptors (Lipinski definition) is 4. The Bertz CT molecular complexity index is 348. The summed E-state index contributed by atoms with van der Waals surface area (Å²) in [6.07, 6.45) is 2.03. The highest BCUT2D eigenvalue weighted by Crippen LogP contribution is 2.15. The van der Waals surface area contributed by atoms with Gasteiger partial charge < -0.3 is 5.11 Å². The van der Waals surface area contributed by atoms with Crippen LogP contribution in [-0.2, 0) is 11.2 Å². The molecule has 0 saturated heterocycles. The molecule has 0 amide bonds. The van der Waals surface area contributed by atoms with E-state index in [2.05, 4.69) is 29.4 Å². The van der Waals surface area contributed by atoms with Crippen molar-refractivity contribution in [3.63, 3.8) is 0 Å². The number of carboxylic acids is 1. The van der Waals surface area contributed by atoms with Crippen molar-refractivity contribution in [3.05, 3.63) is 5.82 Å². The molecule has 1 rings (SSSR count). The van der Waals surface area contributed by atoms with Crippen molar-refractivity contribution in [2.24, 2.45) is 5.92 Å². The lowest BCUT2D eigenvalue weighted by molar-refractivity contribution is -0.141. The van der Waals surface area contributed by atoms with Crippen molar-refractivity contribution in [2.45, 2.75) is 46.1 Å². The van der Waals surface area contributed by atoms with E-state index in [4.69, 9.17) is 5.11 Å². The van der Waals surface area contributed by atoms with E-state index in [-0.39, 0.29) is 0 Å². The van der Waals surface area contributed by atoms with Gasteiger partial charge in [0.2, 0.25) is 0 Å². The number of aromatic nitrogens is 4. The minimum absolute atomic E-state index is 0.404. The lowest BCUT2D eigenvalue weighted by Crippen LogP contribution is -2.23. The highest BCUT2D eigenvalue weighted by molar-refractivity contribution is 5.71. The van der Waals surface area contributed by atoms with Gasteiger partial charge in [0, 0.05) is 6.42 Å². The van der Waals surface area contributed by atoms with Gasteiger partial charge >= 0.3 is 5.97 Å². The number of nitrogens with zero attached hydrogens (tertiary/aromatic N) is 4. The van der Waals surface area contributed by atoms with Crippen LogP contribution in [0.3, 0.4) is 0 Å². The first kappa shape index (κ1) is 12.6. The van der Waals surface area contributed by atoms with Crippen LogP contribution in [0.5, 0.6) is 0 Å². The van der Waals surface area contributed by atoms with Crippen molar-refractivity contribution >= 4 is 5.97 Å². The molecule has 16 heavy (non-hydrogen) atoms. The summed E-state index contributed by atoms with van der Waals surface area (Å²) in [7, 11) is 0. The van der Waals surface area contributed by atoms with Gasteiger partial charge in [0.25, 0.3) is 0 Å². The first-order valence-electron chi connectivity index (χ1n) is 5.55. The maximum atomic E-state index is 11.1. The van der Waals surface area contributed by atoms with E-state index in [1.165, 1.54) is 4.68 Å². The number of hydrogen-bond donors (Lipinski definition) is 1. The standard InChI is InChI=1S/C10H18N4O2/c1-4-5-8(10(15)16)14-9(6-7(2)3)11-12-13-14/h7-8H,4-6H2,1-3H3,(H,15,16). The molecule has 1 heterocycles. The summed E-state index contributed by atoms with van der Waals surface area (Å²) in [5, 5.41) is 20.3. The smallest absolute Gasteiger partial charge is 0.328 e. The van der Waals surface area contributed by atoms with Crippen LogP contribution in [0.25, 0.3) is 0 Å². The van der Waals surface area contributed by atoms with Gasteiger partial charge in [0.05, 0.1) is 0 Å². The maximum Gasteiger partial charge on any atom is 0.328 e. The molecule has 0 bridgehead atoms. The van der Waals surface area contributed by atoms with Crippen molar-refractivity contribution in [2.75, 3.05) is 0 Å². The summed E-state index contributed by atoms with van der Waals surface area (Å²) in [6, 6.07) is -0.645. The molecule has 0 fully saturated rings. The van der Waals surface area contributed by atoms with Crippen LogP contribution in [0.15, 0.2) is 0 Å². The van der Waals surface area contributed by atoms with Crippen LogP contribution in [0.2, 0.25) is 0 Å². The number of tetrazole rings is 1. The van der Waals surface area contributed by atoms with Crippen LogP contribution in [0.4, 0.5) is 0 Å². The average Bonchev–Trinajstić information content (AvgIpc) is 2.60. The molecule has 1 atom stereocenters. The lowest BCUT2D eigenvalue weighted by Gasteiger charge is -2.13. The molecule has 0 aliphatic carbocycles. The largest absolute Gasteiger partial charge is 0.480 e. The highest BCUT2D eigenvalue weighted by Gasteiger charge is 2.23. The van der Waals surface area contributed by atoms with Crippen molar-refractivity contribution in [1.82, 2.24) is 20.2 Å². The van der Waals surface area contributed by atoms with Gasteiger partial charge in [-0.15, -0.1) is 5.10 Å². The van der Waals surface area contributed by atoms with E-state index in [1.54, 1.807) is 0 Å². The molecule has 0 saturated carbocycles. The molecule has 0 aromatic carbocycles. The summed E-state index contributed by atoms with van der Waals surface area (Å²) in [6.45, 7) is 6.05. The second kappa shape index (κ2) is 5.58. The summed E-state index contributed by atoms with van der Waals surface area (Å²) >= 11 is 0. The zero-order valence-corrected chi connectivity index (χ0v) is 9.92. The monoisotopic (exact) mass is 226 g/mol. The molecule has 6 heteroatoms. The molecule has 0 aliphatic rings. The molecule has 6 nitrogen and oxygen atoms in total. The SMILES string of the molecule is CCCC(C(=O)O)n1nnnc1CC(C)C. The van der Waals surface area contributed by atoms with Crippen molar-refractivity contribution in [3.8, 4) is 0 Å². The van der Waals surface area contributed by atoms with Gasteiger partial charge in [0.1, 0.15) is 0 Å². The Morgan fingerprint density at radius 1 is 1.50 bits per heavy atom. The fourth-order valence-electron chi connectivity index (χ4n) is 1.58. The minimum atomic E-state index is -0.876. The van der Waals surface area contributed by atoms with E-state index < -0.39 is 12.0 Å². The molecule has 1 aromatic rings. The first-order chi connectivity index (χ1) is 7.56. The Labute approximate surface area is 94.7 Å². The molecular weight excluding hydrogens is 208 g/mol. The van der Waals surface area contributed by atoms with E-state index in [0.29, 0.717) is 24.6 Å². The molecular formula is C10H18N4O2. The highest BCUT2D eigenvalue weighted by atomic mass is 16.4. The minimum Gasteiger partial charge on any atom is -0.480 e. The van der Waals surface area contributed by atoms with Gasteiger partial charge in [0.15, 0.2) is 11.9 Å². The van der Waals surface area contributed by atoms with Crippen LogP contribution in [-0.4, -0.2) is 31.3 Å². The van der Waals surface area contributed by atoms with Gasteiger partial charge in [-0.2, -0.15) is 0 Å². The molecule has 0 aliphatic heterocycles.